The molecule has 0 aromatic carbocycles. The minimum Gasteiger partial charge on any atom is -0.300 e. The lowest BCUT2D eigenvalue weighted by molar-refractivity contribution is 0.263. The lowest BCUT2D eigenvalue weighted by Crippen LogP contribution is -2.27. The summed E-state index contributed by atoms with van der Waals surface area (Å²) in [5.41, 5.74) is 0. The molecule has 1 atom stereocenters. The van der Waals surface area contributed by atoms with Crippen LogP contribution in [0.1, 0.15) is 46.0 Å². The molecule has 2 fully saturated rings. The summed E-state index contributed by atoms with van der Waals surface area (Å²) in [6, 6.07) is 0.992. The highest BCUT2D eigenvalue weighted by Gasteiger charge is 2.30. The van der Waals surface area contributed by atoms with Crippen molar-refractivity contribution in [1.29, 1.82) is 0 Å². The SMILES string of the molecule is CC(C)C1CCCN(C2CC2)CC1. The molecule has 0 N–H and O–H groups in total. The van der Waals surface area contributed by atoms with Gasteiger partial charge in [-0.2, -0.15) is 0 Å². The van der Waals surface area contributed by atoms with E-state index in [1.165, 1.54) is 45.2 Å². The Morgan fingerprint density at radius 1 is 1.00 bits per heavy atom. The first kappa shape index (κ1) is 9.51. The van der Waals surface area contributed by atoms with Crippen LogP contribution < -0.4 is 0 Å². The molecule has 2 rings (SSSR count). The van der Waals surface area contributed by atoms with Crippen LogP contribution in [0.2, 0.25) is 0 Å². The molecule has 0 aromatic rings. The maximum Gasteiger partial charge on any atom is 0.00964 e. The van der Waals surface area contributed by atoms with Gasteiger partial charge in [-0.3, -0.25) is 0 Å². The third-order valence-corrected chi connectivity index (χ3v) is 3.81. The third kappa shape index (κ3) is 2.46. The number of nitrogens with zero attached hydrogens (tertiary/aromatic N) is 1. The van der Waals surface area contributed by atoms with E-state index in [1.54, 1.807) is 0 Å². The van der Waals surface area contributed by atoms with E-state index in [1.807, 2.05) is 0 Å². The predicted molar refractivity (Wildman–Crippen MR) is 56.8 cm³/mol. The number of hydrogen-bond acceptors (Lipinski definition) is 1. The van der Waals surface area contributed by atoms with Gasteiger partial charge in [0.2, 0.25) is 0 Å². The van der Waals surface area contributed by atoms with Gasteiger partial charge in [0, 0.05) is 6.04 Å². The standard InChI is InChI=1S/C12H23N/c1-10(2)11-4-3-8-13(9-7-11)12-5-6-12/h10-12H,3-9H2,1-2H3. The van der Waals surface area contributed by atoms with Crippen molar-refractivity contribution in [2.75, 3.05) is 13.1 Å². The molecule has 0 radical (unpaired) electrons. The number of hydrogen-bond donors (Lipinski definition) is 0. The Balaban J connectivity index is 1.82. The summed E-state index contributed by atoms with van der Waals surface area (Å²) < 4.78 is 0. The molecule has 1 aliphatic carbocycles. The molecule has 1 saturated carbocycles. The van der Waals surface area contributed by atoms with Crippen molar-refractivity contribution < 1.29 is 0 Å². The first-order valence-electron chi connectivity index (χ1n) is 6.01. The fourth-order valence-corrected chi connectivity index (χ4v) is 2.62. The molecule has 1 heterocycles. The minimum atomic E-state index is 0.902. The summed E-state index contributed by atoms with van der Waals surface area (Å²) in [4.78, 5) is 2.74. The van der Waals surface area contributed by atoms with Gasteiger partial charge in [0.1, 0.15) is 0 Å². The lowest BCUT2D eigenvalue weighted by atomic mass is 9.89. The van der Waals surface area contributed by atoms with E-state index in [9.17, 15) is 0 Å². The highest BCUT2D eigenvalue weighted by atomic mass is 15.2. The molecule has 1 heteroatoms. The van der Waals surface area contributed by atoms with Crippen LogP contribution in [0.25, 0.3) is 0 Å². The van der Waals surface area contributed by atoms with Gasteiger partial charge in [-0.1, -0.05) is 13.8 Å². The molecule has 1 nitrogen and oxygen atoms in total. The first-order valence-corrected chi connectivity index (χ1v) is 6.01. The Morgan fingerprint density at radius 2 is 1.77 bits per heavy atom. The van der Waals surface area contributed by atoms with Crippen molar-refractivity contribution >= 4 is 0 Å². The average molecular weight is 181 g/mol. The van der Waals surface area contributed by atoms with Crippen LogP contribution in [-0.2, 0) is 0 Å². The van der Waals surface area contributed by atoms with E-state index in [-0.39, 0.29) is 0 Å². The zero-order chi connectivity index (χ0) is 9.26. The van der Waals surface area contributed by atoms with Gasteiger partial charge in [-0.25, -0.2) is 0 Å². The van der Waals surface area contributed by atoms with E-state index in [4.69, 9.17) is 0 Å². The topological polar surface area (TPSA) is 3.24 Å². The normalized spacial score (nSPS) is 32.1. The van der Waals surface area contributed by atoms with Gasteiger partial charge in [-0.15, -0.1) is 0 Å². The molecule has 0 bridgehead atoms. The zero-order valence-corrected chi connectivity index (χ0v) is 9.13. The van der Waals surface area contributed by atoms with Crippen molar-refractivity contribution in [2.24, 2.45) is 11.8 Å². The molecular formula is C12H23N. The second kappa shape index (κ2) is 4.00. The molecule has 2 aliphatic rings. The molecule has 0 spiro atoms. The molecule has 1 saturated heterocycles. The molecule has 0 amide bonds. The van der Waals surface area contributed by atoms with Gasteiger partial charge in [0.25, 0.3) is 0 Å². The largest absolute Gasteiger partial charge is 0.300 e. The summed E-state index contributed by atoms with van der Waals surface area (Å²) in [6.45, 7) is 7.54. The van der Waals surface area contributed by atoms with E-state index in [2.05, 4.69) is 18.7 Å². The third-order valence-electron chi connectivity index (χ3n) is 3.81. The maximum atomic E-state index is 2.74. The van der Waals surface area contributed by atoms with Crippen LogP contribution in [-0.4, -0.2) is 24.0 Å². The van der Waals surface area contributed by atoms with Crippen LogP contribution in [0.15, 0.2) is 0 Å². The van der Waals surface area contributed by atoms with Crippen molar-refractivity contribution in [3.8, 4) is 0 Å². The van der Waals surface area contributed by atoms with E-state index >= 15 is 0 Å². The summed E-state index contributed by atoms with van der Waals surface area (Å²) in [5, 5.41) is 0. The Hall–Kier alpha value is -0.0400. The second-order valence-corrected chi connectivity index (χ2v) is 5.20. The van der Waals surface area contributed by atoms with Crippen molar-refractivity contribution in [3.63, 3.8) is 0 Å². The van der Waals surface area contributed by atoms with Gasteiger partial charge < -0.3 is 4.90 Å². The smallest absolute Gasteiger partial charge is 0.00964 e. The van der Waals surface area contributed by atoms with Gasteiger partial charge >= 0.3 is 0 Å². The van der Waals surface area contributed by atoms with Crippen LogP contribution in [0.4, 0.5) is 0 Å². The van der Waals surface area contributed by atoms with Crippen LogP contribution >= 0.6 is 0 Å². The van der Waals surface area contributed by atoms with Crippen molar-refractivity contribution in [3.05, 3.63) is 0 Å². The molecule has 0 aromatic heterocycles. The summed E-state index contributed by atoms with van der Waals surface area (Å²) in [6.07, 6.45) is 7.33. The van der Waals surface area contributed by atoms with Crippen LogP contribution in [0.3, 0.4) is 0 Å². The van der Waals surface area contributed by atoms with E-state index < -0.39 is 0 Å². The Labute approximate surface area is 82.5 Å². The van der Waals surface area contributed by atoms with Gasteiger partial charge in [-0.05, 0) is 57.0 Å². The minimum absolute atomic E-state index is 0.902. The fourth-order valence-electron chi connectivity index (χ4n) is 2.62. The van der Waals surface area contributed by atoms with Crippen LogP contribution in [0.5, 0.6) is 0 Å². The highest BCUT2D eigenvalue weighted by Crippen LogP contribution is 2.31. The number of likely N-dealkylation sites (tertiary alicyclic amines) is 1. The van der Waals surface area contributed by atoms with E-state index in [0.717, 1.165) is 17.9 Å². The summed E-state index contributed by atoms with van der Waals surface area (Å²) in [7, 11) is 0. The fraction of sp³-hybridized carbons (Fsp3) is 1.00. The Bertz CT molecular complexity index is 151. The molecular weight excluding hydrogens is 158 g/mol. The highest BCUT2D eigenvalue weighted by molar-refractivity contribution is 4.86. The zero-order valence-electron chi connectivity index (χ0n) is 9.13. The van der Waals surface area contributed by atoms with Gasteiger partial charge in [0.05, 0.1) is 0 Å². The predicted octanol–water partition coefficient (Wildman–Crippen LogP) is 2.91. The quantitative estimate of drug-likeness (QED) is 0.633. The molecule has 1 aliphatic heterocycles. The molecule has 1 unspecified atom stereocenters. The Kier molecular flexibility index (Phi) is 2.92. The Morgan fingerprint density at radius 3 is 2.38 bits per heavy atom. The lowest BCUT2D eigenvalue weighted by Gasteiger charge is -2.20. The average Bonchev–Trinajstić information content (AvgIpc) is 2.91. The van der Waals surface area contributed by atoms with E-state index in [0.29, 0.717) is 0 Å². The number of rotatable bonds is 2. The van der Waals surface area contributed by atoms with Gasteiger partial charge in [0.15, 0.2) is 0 Å². The van der Waals surface area contributed by atoms with Crippen molar-refractivity contribution in [2.45, 2.75) is 52.0 Å². The first-order chi connectivity index (χ1) is 6.27. The second-order valence-electron chi connectivity index (χ2n) is 5.20. The van der Waals surface area contributed by atoms with Crippen molar-refractivity contribution in [1.82, 2.24) is 4.90 Å². The van der Waals surface area contributed by atoms with Crippen LogP contribution in [0, 0.1) is 11.8 Å². The monoisotopic (exact) mass is 181 g/mol. The molecule has 13 heavy (non-hydrogen) atoms. The summed E-state index contributed by atoms with van der Waals surface area (Å²) in [5.74, 6) is 1.91. The molecule has 76 valence electrons. The maximum absolute atomic E-state index is 2.74. The summed E-state index contributed by atoms with van der Waals surface area (Å²) >= 11 is 0.